The number of sulfonamides is 1. The van der Waals surface area contributed by atoms with Crippen molar-refractivity contribution in [1.29, 1.82) is 0 Å². The first-order valence-electron chi connectivity index (χ1n) is 6.93. The van der Waals surface area contributed by atoms with Gasteiger partial charge in [-0.3, -0.25) is 0 Å². The molecule has 0 atom stereocenters. The lowest BCUT2D eigenvalue weighted by Crippen LogP contribution is -2.34. The van der Waals surface area contributed by atoms with Crippen LogP contribution in [-0.2, 0) is 23.6 Å². The fraction of sp³-hybridized carbons (Fsp3) is 0.692. The van der Waals surface area contributed by atoms with Crippen LogP contribution in [0.1, 0.15) is 12.1 Å². The minimum absolute atomic E-state index is 0.398. The Kier molecular flexibility index (Phi) is 4.85. The van der Waals surface area contributed by atoms with Gasteiger partial charge >= 0.3 is 0 Å². The third-order valence-corrected chi connectivity index (χ3v) is 5.62. The molecule has 1 aliphatic heterocycles. The van der Waals surface area contributed by atoms with Crippen LogP contribution in [-0.4, -0.2) is 62.5 Å². The summed E-state index contributed by atoms with van der Waals surface area (Å²) in [5.74, 6) is 0. The largest absolute Gasteiger partial charge is 0.352 e. The quantitative estimate of drug-likeness (QED) is 0.855. The monoisotopic (exact) mass is 300 g/mol. The van der Waals surface area contributed by atoms with Gasteiger partial charge in [0.25, 0.3) is 0 Å². The molecule has 1 N–H and O–H groups in total. The van der Waals surface area contributed by atoms with E-state index in [9.17, 15) is 8.42 Å². The van der Waals surface area contributed by atoms with Crippen LogP contribution < -0.4 is 5.32 Å². The standard InChI is InChI=1S/C13H24N4O2S/c1-14-10-12-9-13(11-16(12)3)20(18,19)17-6-4-5-15(2)7-8-17/h9,11,14H,4-8,10H2,1-3H3. The van der Waals surface area contributed by atoms with E-state index in [1.54, 1.807) is 16.6 Å². The number of likely N-dealkylation sites (N-methyl/N-ethyl adjacent to an activating group) is 1. The summed E-state index contributed by atoms with van der Waals surface area (Å²) in [5, 5.41) is 3.05. The molecule has 0 unspecified atom stereocenters. The molecular weight excluding hydrogens is 276 g/mol. The molecule has 0 radical (unpaired) electrons. The summed E-state index contributed by atoms with van der Waals surface area (Å²) in [4.78, 5) is 2.57. The van der Waals surface area contributed by atoms with Crippen LogP contribution >= 0.6 is 0 Å². The third kappa shape index (κ3) is 3.22. The van der Waals surface area contributed by atoms with Gasteiger partial charge < -0.3 is 14.8 Å². The molecule has 0 amide bonds. The molecule has 0 aliphatic carbocycles. The predicted octanol–water partition coefficient (Wildman–Crippen LogP) is 0.0707. The summed E-state index contributed by atoms with van der Waals surface area (Å²) in [5.41, 5.74) is 0.970. The van der Waals surface area contributed by atoms with Crippen LogP contribution in [0.4, 0.5) is 0 Å². The van der Waals surface area contributed by atoms with E-state index in [1.165, 1.54) is 0 Å². The number of hydrogen-bond acceptors (Lipinski definition) is 4. The summed E-state index contributed by atoms with van der Waals surface area (Å²) in [6.07, 6.45) is 2.59. The van der Waals surface area contributed by atoms with E-state index in [4.69, 9.17) is 0 Å². The van der Waals surface area contributed by atoms with Crippen molar-refractivity contribution in [2.75, 3.05) is 40.3 Å². The van der Waals surface area contributed by atoms with Gasteiger partial charge in [0.05, 0.1) is 0 Å². The molecule has 6 nitrogen and oxygen atoms in total. The second-order valence-corrected chi connectivity index (χ2v) is 7.31. The highest BCUT2D eigenvalue weighted by Gasteiger charge is 2.27. The maximum atomic E-state index is 12.7. The summed E-state index contributed by atoms with van der Waals surface area (Å²) < 4.78 is 28.9. The van der Waals surface area contributed by atoms with Gasteiger partial charge in [0.2, 0.25) is 10.0 Å². The number of rotatable bonds is 4. The van der Waals surface area contributed by atoms with Crippen LogP contribution in [0.5, 0.6) is 0 Å². The highest BCUT2D eigenvalue weighted by molar-refractivity contribution is 7.89. The lowest BCUT2D eigenvalue weighted by atomic mass is 10.4. The molecule has 1 fully saturated rings. The molecule has 1 saturated heterocycles. The average molecular weight is 300 g/mol. The summed E-state index contributed by atoms with van der Waals surface area (Å²) in [6.45, 7) is 3.56. The van der Waals surface area contributed by atoms with Gasteiger partial charge in [0, 0.05) is 45.1 Å². The van der Waals surface area contributed by atoms with Gasteiger partial charge in [-0.15, -0.1) is 0 Å². The maximum absolute atomic E-state index is 12.7. The van der Waals surface area contributed by atoms with Crippen molar-refractivity contribution in [3.05, 3.63) is 18.0 Å². The van der Waals surface area contributed by atoms with Gasteiger partial charge in [-0.25, -0.2) is 8.42 Å². The van der Waals surface area contributed by atoms with E-state index in [0.717, 1.165) is 25.2 Å². The van der Waals surface area contributed by atoms with E-state index in [1.807, 2.05) is 25.7 Å². The van der Waals surface area contributed by atoms with Crippen LogP contribution in [0.3, 0.4) is 0 Å². The van der Waals surface area contributed by atoms with Gasteiger partial charge in [-0.05, 0) is 33.1 Å². The second kappa shape index (κ2) is 6.26. The first-order valence-corrected chi connectivity index (χ1v) is 8.37. The smallest absolute Gasteiger partial charge is 0.244 e. The average Bonchev–Trinajstić information content (AvgIpc) is 2.62. The molecule has 20 heavy (non-hydrogen) atoms. The van der Waals surface area contributed by atoms with Crippen molar-refractivity contribution in [3.8, 4) is 0 Å². The number of hydrogen-bond donors (Lipinski definition) is 1. The molecule has 2 rings (SSSR count). The van der Waals surface area contributed by atoms with E-state index in [2.05, 4.69) is 10.2 Å². The molecule has 2 heterocycles. The number of nitrogens with zero attached hydrogens (tertiary/aromatic N) is 3. The Morgan fingerprint density at radius 2 is 1.95 bits per heavy atom. The Balaban J connectivity index is 2.23. The topological polar surface area (TPSA) is 57.6 Å². The summed E-state index contributed by atoms with van der Waals surface area (Å²) >= 11 is 0. The van der Waals surface area contributed by atoms with Crippen LogP contribution in [0.15, 0.2) is 17.2 Å². The fourth-order valence-corrected chi connectivity index (χ4v) is 4.05. The van der Waals surface area contributed by atoms with Gasteiger partial charge in [0.1, 0.15) is 4.90 Å². The minimum Gasteiger partial charge on any atom is -0.352 e. The minimum atomic E-state index is -3.37. The van der Waals surface area contributed by atoms with Gasteiger partial charge in [-0.1, -0.05) is 0 Å². The first kappa shape index (κ1) is 15.5. The van der Waals surface area contributed by atoms with Crippen molar-refractivity contribution in [2.24, 2.45) is 7.05 Å². The van der Waals surface area contributed by atoms with Crippen LogP contribution in [0, 0.1) is 0 Å². The lowest BCUT2D eigenvalue weighted by Gasteiger charge is -2.19. The molecule has 0 bridgehead atoms. The van der Waals surface area contributed by atoms with Crippen molar-refractivity contribution in [2.45, 2.75) is 17.9 Å². The zero-order valence-electron chi connectivity index (χ0n) is 12.5. The van der Waals surface area contributed by atoms with Crippen LogP contribution in [0.2, 0.25) is 0 Å². The van der Waals surface area contributed by atoms with Crippen molar-refractivity contribution in [3.63, 3.8) is 0 Å². The molecular formula is C13H24N4O2S. The number of aryl methyl sites for hydroxylation is 1. The molecule has 0 spiro atoms. The predicted molar refractivity (Wildman–Crippen MR) is 79.0 cm³/mol. The zero-order chi connectivity index (χ0) is 14.8. The van der Waals surface area contributed by atoms with Crippen molar-refractivity contribution < 1.29 is 8.42 Å². The fourth-order valence-electron chi connectivity index (χ4n) is 2.49. The molecule has 0 saturated carbocycles. The summed E-state index contributed by atoms with van der Waals surface area (Å²) in [6, 6.07) is 1.76. The van der Waals surface area contributed by atoms with E-state index in [0.29, 0.717) is 24.5 Å². The zero-order valence-corrected chi connectivity index (χ0v) is 13.3. The van der Waals surface area contributed by atoms with Gasteiger partial charge in [-0.2, -0.15) is 4.31 Å². The van der Waals surface area contributed by atoms with E-state index < -0.39 is 10.0 Å². The molecule has 0 aromatic carbocycles. The maximum Gasteiger partial charge on any atom is 0.244 e. The second-order valence-electron chi connectivity index (χ2n) is 5.37. The molecule has 1 aliphatic rings. The SMILES string of the molecule is CNCc1cc(S(=O)(=O)N2CCCN(C)CC2)cn1C. The Labute approximate surface area is 121 Å². The number of nitrogens with one attached hydrogen (secondary N) is 1. The Morgan fingerprint density at radius 3 is 2.65 bits per heavy atom. The Morgan fingerprint density at radius 1 is 1.20 bits per heavy atom. The molecule has 7 heteroatoms. The molecule has 1 aromatic heterocycles. The third-order valence-electron chi connectivity index (χ3n) is 3.76. The van der Waals surface area contributed by atoms with E-state index in [-0.39, 0.29) is 0 Å². The normalized spacial score (nSPS) is 19.1. The number of aromatic nitrogens is 1. The lowest BCUT2D eigenvalue weighted by molar-refractivity contribution is 0.347. The van der Waals surface area contributed by atoms with Crippen molar-refractivity contribution >= 4 is 10.0 Å². The summed E-state index contributed by atoms with van der Waals surface area (Å²) in [7, 11) is 2.39. The highest BCUT2D eigenvalue weighted by atomic mass is 32.2. The van der Waals surface area contributed by atoms with E-state index >= 15 is 0 Å². The molecule has 1 aromatic rings. The molecule has 114 valence electrons. The Hall–Kier alpha value is -0.890. The van der Waals surface area contributed by atoms with Gasteiger partial charge in [0.15, 0.2) is 0 Å². The Bertz CT molecular complexity index is 553. The highest BCUT2D eigenvalue weighted by Crippen LogP contribution is 2.19. The van der Waals surface area contributed by atoms with Crippen LogP contribution in [0.25, 0.3) is 0 Å². The van der Waals surface area contributed by atoms with Crippen molar-refractivity contribution in [1.82, 2.24) is 19.1 Å². The first-order chi connectivity index (χ1) is 9.45.